The molecule has 19 heavy (non-hydrogen) atoms. The molecule has 0 aliphatic rings. The Morgan fingerprint density at radius 3 is 2.58 bits per heavy atom. The van der Waals surface area contributed by atoms with E-state index in [9.17, 15) is 8.78 Å². The minimum Gasteiger partial charge on any atom is -0.309 e. The lowest BCUT2D eigenvalue weighted by atomic mass is 10.2. The molecule has 0 unspecified atom stereocenters. The zero-order valence-corrected chi connectivity index (χ0v) is 12.2. The Morgan fingerprint density at radius 2 is 1.84 bits per heavy atom. The molecule has 0 bridgehead atoms. The van der Waals surface area contributed by atoms with Gasteiger partial charge in [-0.1, -0.05) is 33.6 Å². The van der Waals surface area contributed by atoms with E-state index in [1.54, 1.807) is 12.1 Å². The lowest BCUT2D eigenvalue weighted by Crippen LogP contribution is -2.13. The summed E-state index contributed by atoms with van der Waals surface area (Å²) in [5.41, 5.74) is 1.60. The summed E-state index contributed by atoms with van der Waals surface area (Å²) in [7, 11) is 0. The predicted molar refractivity (Wildman–Crippen MR) is 76.1 cm³/mol. The van der Waals surface area contributed by atoms with Gasteiger partial charge in [0.15, 0.2) is 0 Å². The second-order valence-electron chi connectivity index (χ2n) is 4.09. The van der Waals surface area contributed by atoms with Crippen LogP contribution in [-0.4, -0.2) is 0 Å². The SMILES string of the molecule is Fc1ccc(Br)c(CNCc2ccc(Cl)c(F)c2)c1. The number of hydrogen-bond donors (Lipinski definition) is 1. The van der Waals surface area contributed by atoms with Gasteiger partial charge in [0, 0.05) is 17.6 Å². The van der Waals surface area contributed by atoms with Gasteiger partial charge in [-0.25, -0.2) is 8.78 Å². The molecule has 0 spiro atoms. The fourth-order valence-corrected chi connectivity index (χ4v) is 2.17. The first kappa shape index (κ1) is 14.4. The highest BCUT2D eigenvalue weighted by atomic mass is 79.9. The number of benzene rings is 2. The van der Waals surface area contributed by atoms with Crippen LogP contribution in [0.2, 0.25) is 5.02 Å². The summed E-state index contributed by atoms with van der Waals surface area (Å²) in [4.78, 5) is 0. The summed E-state index contributed by atoms with van der Waals surface area (Å²) < 4.78 is 27.1. The van der Waals surface area contributed by atoms with Crippen LogP contribution in [0.1, 0.15) is 11.1 Å². The van der Waals surface area contributed by atoms with Gasteiger partial charge in [-0.2, -0.15) is 0 Å². The van der Waals surface area contributed by atoms with Crippen LogP contribution in [0.4, 0.5) is 8.78 Å². The van der Waals surface area contributed by atoms with Crippen LogP contribution >= 0.6 is 27.5 Å². The van der Waals surface area contributed by atoms with Crippen LogP contribution in [0.3, 0.4) is 0 Å². The van der Waals surface area contributed by atoms with Crippen molar-refractivity contribution in [3.63, 3.8) is 0 Å². The van der Waals surface area contributed by atoms with Crippen molar-refractivity contribution in [2.45, 2.75) is 13.1 Å². The van der Waals surface area contributed by atoms with E-state index in [-0.39, 0.29) is 10.8 Å². The molecule has 100 valence electrons. The van der Waals surface area contributed by atoms with Crippen LogP contribution in [0, 0.1) is 11.6 Å². The summed E-state index contributed by atoms with van der Waals surface area (Å²) in [5, 5.41) is 3.23. The van der Waals surface area contributed by atoms with E-state index in [0.717, 1.165) is 15.6 Å². The lowest BCUT2D eigenvalue weighted by Gasteiger charge is -2.08. The average molecular weight is 347 g/mol. The predicted octanol–water partition coefficient (Wildman–Crippen LogP) is 4.67. The van der Waals surface area contributed by atoms with E-state index >= 15 is 0 Å². The largest absolute Gasteiger partial charge is 0.309 e. The third-order valence-electron chi connectivity index (χ3n) is 2.64. The third-order valence-corrected chi connectivity index (χ3v) is 3.72. The van der Waals surface area contributed by atoms with Gasteiger partial charge >= 0.3 is 0 Å². The summed E-state index contributed by atoms with van der Waals surface area (Å²) in [6.07, 6.45) is 0. The maximum absolute atomic E-state index is 13.2. The van der Waals surface area contributed by atoms with Crippen molar-refractivity contribution in [3.05, 3.63) is 68.7 Å². The number of rotatable bonds is 4. The fourth-order valence-electron chi connectivity index (χ4n) is 1.67. The smallest absolute Gasteiger partial charge is 0.142 e. The molecule has 0 amide bonds. The van der Waals surface area contributed by atoms with Gasteiger partial charge in [0.1, 0.15) is 11.6 Å². The molecule has 0 saturated heterocycles. The zero-order chi connectivity index (χ0) is 13.8. The molecule has 1 nitrogen and oxygen atoms in total. The molecule has 2 aromatic rings. The first-order chi connectivity index (χ1) is 9.06. The molecule has 1 N–H and O–H groups in total. The van der Waals surface area contributed by atoms with Gasteiger partial charge in [-0.05, 0) is 41.5 Å². The van der Waals surface area contributed by atoms with Crippen LogP contribution in [0.15, 0.2) is 40.9 Å². The van der Waals surface area contributed by atoms with Crippen molar-refractivity contribution < 1.29 is 8.78 Å². The topological polar surface area (TPSA) is 12.0 Å². The highest BCUT2D eigenvalue weighted by molar-refractivity contribution is 9.10. The number of nitrogens with one attached hydrogen (secondary N) is 1. The minimum atomic E-state index is -0.437. The molecule has 0 aliphatic carbocycles. The van der Waals surface area contributed by atoms with Gasteiger partial charge in [0.25, 0.3) is 0 Å². The quantitative estimate of drug-likeness (QED) is 0.848. The Bertz CT molecular complexity index is 590. The van der Waals surface area contributed by atoms with E-state index < -0.39 is 5.82 Å². The Kier molecular flexibility index (Phi) is 4.91. The summed E-state index contributed by atoms with van der Waals surface area (Å²) >= 11 is 8.96. The zero-order valence-electron chi connectivity index (χ0n) is 9.89. The Labute approximate surface area is 123 Å². The van der Waals surface area contributed by atoms with E-state index in [1.807, 2.05) is 0 Å². The standard InChI is InChI=1S/C14H11BrClF2N/c15-12-3-2-11(17)6-10(12)8-19-7-9-1-4-13(16)14(18)5-9/h1-6,19H,7-8H2. The van der Waals surface area contributed by atoms with Gasteiger partial charge in [0.05, 0.1) is 5.02 Å². The molecule has 2 rings (SSSR count). The van der Waals surface area contributed by atoms with Crippen molar-refractivity contribution in [3.8, 4) is 0 Å². The summed E-state index contributed by atoms with van der Waals surface area (Å²) in [6.45, 7) is 0.972. The Hall–Kier alpha value is -0.970. The fraction of sp³-hybridized carbons (Fsp3) is 0.143. The molecule has 0 fully saturated rings. The van der Waals surface area contributed by atoms with Crippen molar-refractivity contribution in [2.24, 2.45) is 0 Å². The second kappa shape index (κ2) is 6.46. The monoisotopic (exact) mass is 345 g/mol. The summed E-state index contributed by atoms with van der Waals surface area (Å²) in [6, 6.07) is 9.16. The maximum Gasteiger partial charge on any atom is 0.142 e. The molecule has 5 heteroatoms. The molecular formula is C14H11BrClF2N. The highest BCUT2D eigenvalue weighted by Crippen LogP contribution is 2.18. The van der Waals surface area contributed by atoms with Crippen molar-refractivity contribution in [1.82, 2.24) is 5.32 Å². The van der Waals surface area contributed by atoms with Crippen molar-refractivity contribution in [2.75, 3.05) is 0 Å². The molecular weight excluding hydrogens is 336 g/mol. The van der Waals surface area contributed by atoms with Gasteiger partial charge in [0.2, 0.25) is 0 Å². The molecule has 0 heterocycles. The first-order valence-electron chi connectivity index (χ1n) is 5.65. The van der Waals surface area contributed by atoms with Crippen molar-refractivity contribution >= 4 is 27.5 Å². The van der Waals surface area contributed by atoms with Crippen molar-refractivity contribution in [1.29, 1.82) is 0 Å². The summed E-state index contributed by atoms with van der Waals surface area (Å²) in [5.74, 6) is -0.717. The van der Waals surface area contributed by atoms with E-state index in [4.69, 9.17) is 11.6 Å². The molecule has 0 aliphatic heterocycles. The van der Waals surface area contributed by atoms with Crippen LogP contribution in [-0.2, 0) is 13.1 Å². The Morgan fingerprint density at radius 1 is 1.05 bits per heavy atom. The number of halogens is 4. The van der Waals surface area contributed by atoms with E-state index in [2.05, 4.69) is 21.2 Å². The molecule has 0 radical (unpaired) electrons. The molecule has 2 aromatic carbocycles. The normalized spacial score (nSPS) is 10.7. The lowest BCUT2D eigenvalue weighted by molar-refractivity contribution is 0.614. The van der Waals surface area contributed by atoms with Gasteiger partial charge < -0.3 is 5.32 Å². The second-order valence-corrected chi connectivity index (χ2v) is 5.35. The third kappa shape index (κ3) is 4.00. The van der Waals surface area contributed by atoms with E-state index in [1.165, 1.54) is 24.3 Å². The molecule has 0 atom stereocenters. The molecule has 0 aromatic heterocycles. The first-order valence-corrected chi connectivity index (χ1v) is 6.82. The van der Waals surface area contributed by atoms with Crippen LogP contribution in [0.25, 0.3) is 0 Å². The maximum atomic E-state index is 13.2. The highest BCUT2D eigenvalue weighted by Gasteiger charge is 2.03. The van der Waals surface area contributed by atoms with Gasteiger partial charge in [-0.3, -0.25) is 0 Å². The van der Waals surface area contributed by atoms with E-state index in [0.29, 0.717) is 13.1 Å². The minimum absolute atomic E-state index is 0.108. The molecule has 0 saturated carbocycles. The number of hydrogen-bond acceptors (Lipinski definition) is 1. The van der Waals surface area contributed by atoms with Gasteiger partial charge in [-0.15, -0.1) is 0 Å². The Balaban J connectivity index is 1.96. The van der Waals surface area contributed by atoms with Crippen LogP contribution in [0.5, 0.6) is 0 Å². The average Bonchev–Trinajstić information content (AvgIpc) is 2.38. The van der Waals surface area contributed by atoms with Crippen LogP contribution < -0.4 is 5.32 Å².